The topological polar surface area (TPSA) is 50.4 Å². The maximum atomic E-state index is 9.55. The number of benzene rings is 1. The van der Waals surface area contributed by atoms with Gasteiger partial charge in [0, 0.05) is 11.1 Å². The predicted octanol–water partition coefficient (Wildman–Crippen LogP) is 3.59. The van der Waals surface area contributed by atoms with Crippen molar-refractivity contribution in [1.29, 1.82) is 0 Å². The number of hydrogen-bond donors (Lipinski definition) is 1. The standard InChI is InChI=1S/C14H12ClN3OS/c1-9(19)10-5-6-12(11(15)8-10)20-14-17-16-13-4-2-3-7-18(13)14/h2-9,19H,1H3/t9-/m1/s1. The Bertz CT molecular complexity index is 757. The minimum absolute atomic E-state index is 0.527. The minimum atomic E-state index is -0.527. The third-order valence-corrected chi connectivity index (χ3v) is 4.38. The predicted molar refractivity (Wildman–Crippen MR) is 79.2 cm³/mol. The summed E-state index contributed by atoms with van der Waals surface area (Å²) >= 11 is 7.70. The lowest BCUT2D eigenvalue weighted by molar-refractivity contribution is 0.199. The Hall–Kier alpha value is -1.56. The highest BCUT2D eigenvalue weighted by Gasteiger charge is 2.11. The second-order valence-electron chi connectivity index (χ2n) is 4.38. The van der Waals surface area contributed by atoms with E-state index < -0.39 is 6.10 Å². The molecule has 0 aliphatic heterocycles. The lowest BCUT2D eigenvalue weighted by atomic mass is 10.1. The monoisotopic (exact) mass is 305 g/mol. The Morgan fingerprint density at radius 1 is 1.25 bits per heavy atom. The van der Waals surface area contributed by atoms with E-state index >= 15 is 0 Å². The molecule has 1 atom stereocenters. The van der Waals surface area contributed by atoms with Crippen molar-refractivity contribution < 1.29 is 5.11 Å². The zero-order valence-corrected chi connectivity index (χ0v) is 12.3. The number of nitrogens with zero attached hydrogens (tertiary/aromatic N) is 3. The molecule has 1 N–H and O–H groups in total. The van der Waals surface area contributed by atoms with E-state index in [0.29, 0.717) is 5.02 Å². The molecule has 0 radical (unpaired) electrons. The van der Waals surface area contributed by atoms with Crippen LogP contribution in [0.1, 0.15) is 18.6 Å². The molecule has 0 unspecified atom stereocenters. The van der Waals surface area contributed by atoms with Crippen LogP contribution in [0.15, 0.2) is 52.6 Å². The number of aromatic nitrogens is 3. The van der Waals surface area contributed by atoms with Gasteiger partial charge in [0.25, 0.3) is 0 Å². The summed E-state index contributed by atoms with van der Waals surface area (Å²) in [5, 5.41) is 19.2. The van der Waals surface area contributed by atoms with Crippen molar-refractivity contribution in [3.05, 3.63) is 53.2 Å². The molecule has 6 heteroatoms. The summed E-state index contributed by atoms with van der Waals surface area (Å²) in [7, 11) is 0. The zero-order valence-electron chi connectivity index (χ0n) is 10.7. The number of hydrogen-bond acceptors (Lipinski definition) is 4. The Kier molecular flexibility index (Phi) is 3.65. The Labute approximate surface area is 125 Å². The molecule has 3 aromatic rings. The third kappa shape index (κ3) is 2.52. The number of aliphatic hydroxyl groups excluding tert-OH is 1. The fraction of sp³-hybridized carbons (Fsp3) is 0.143. The summed E-state index contributed by atoms with van der Waals surface area (Å²) in [6.07, 6.45) is 1.39. The Balaban J connectivity index is 1.95. The van der Waals surface area contributed by atoms with Crippen molar-refractivity contribution in [2.24, 2.45) is 0 Å². The highest BCUT2D eigenvalue weighted by molar-refractivity contribution is 7.99. The van der Waals surface area contributed by atoms with Gasteiger partial charge in [-0.25, -0.2) is 0 Å². The quantitative estimate of drug-likeness (QED) is 0.803. The lowest BCUT2D eigenvalue weighted by Gasteiger charge is -2.08. The van der Waals surface area contributed by atoms with E-state index in [1.165, 1.54) is 11.8 Å². The van der Waals surface area contributed by atoms with Crippen LogP contribution < -0.4 is 0 Å². The van der Waals surface area contributed by atoms with Gasteiger partial charge in [-0.05, 0) is 48.5 Å². The fourth-order valence-electron chi connectivity index (χ4n) is 1.85. The molecule has 1 aromatic carbocycles. The average Bonchev–Trinajstić information content (AvgIpc) is 2.84. The molecule has 0 bridgehead atoms. The van der Waals surface area contributed by atoms with E-state index in [4.69, 9.17) is 11.6 Å². The van der Waals surface area contributed by atoms with Crippen molar-refractivity contribution in [2.45, 2.75) is 23.1 Å². The van der Waals surface area contributed by atoms with Gasteiger partial charge in [0.05, 0.1) is 11.1 Å². The van der Waals surface area contributed by atoms with Crippen LogP contribution in [0.3, 0.4) is 0 Å². The van der Waals surface area contributed by atoms with Gasteiger partial charge in [0.1, 0.15) is 0 Å². The van der Waals surface area contributed by atoms with Crippen LogP contribution in [0, 0.1) is 0 Å². The number of aliphatic hydroxyl groups is 1. The van der Waals surface area contributed by atoms with Gasteiger partial charge in [-0.1, -0.05) is 23.7 Å². The molecular weight excluding hydrogens is 294 g/mol. The van der Waals surface area contributed by atoms with Gasteiger partial charge >= 0.3 is 0 Å². The van der Waals surface area contributed by atoms with Crippen LogP contribution in [-0.2, 0) is 0 Å². The van der Waals surface area contributed by atoms with Gasteiger partial charge in [-0.15, -0.1) is 10.2 Å². The molecule has 0 aliphatic rings. The number of halogens is 1. The number of fused-ring (bicyclic) bond motifs is 1. The lowest BCUT2D eigenvalue weighted by Crippen LogP contribution is -1.91. The molecule has 2 aromatic heterocycles. The van der Waals surface area contributed by atoms with Gasteiger partial charge in [-0.3, -0.25) is 4.40 Å². The molecule has 0 saturated carbocycles. The van der Waals surface area contributed by atoms with Crippen molar-refractivity contribution in [2.75, 3.05) is 0 Å². The van der Waals surface area contributed by atoms with E-state index in [-0.39, 0.29) is 0 Å². The summed E-state index contributed by atoms with van der Waals surface area (Å²) in [6, 6.07) is 11.3. The molecule has 20 heavy (non-hydrogen) atoms. The van der Waals surface area contributed by atoms with Crippen molar-refractivity contribution in [3.63, 3.8) is 0 Å². The first-order valence-corrected chi connectivity index (χ1v) is 7.30. The van der Waals surface area contributed by atoms with Gasteiger partial charge in [0.2, 0.25) is 0 Å². The Morgan fingerprint density at radius 3 is 2.85 bits per heavy atom. The van der Waals surface area contributed by atoms with E-state index in [1.807, 2.05) is 40.9 Å². The normalized spacial score (nSPS) is 12.8. The van der Waals surface area contributed by atoms with Crippen molar-refractivity contribution in [3.8, 4) is 0 Å². The average molecular weight is 306 g/mol. The second kappa shape index (κ2) is 5.44. The molecule has 0 fully saturated rings. The number of rotatable bonds is 3. The summed E-state index contributed by atoms with van der Waals surface area (Å²) in [5.74, 6) is 0. The molecule has 3 rings (SSSR count). The SMILES string of the molecule is C[C@@H](O)c1ccc(Sc2nnc3ccccn23)c(Cl)c1. The highest BCUT2D eigenvalue weighted by Crippen LogP contribution is 2.33. The maximum absolute atomic E-state index is 9.55. The van der Waals surface area contributed by atoms with E-state index in [2.05, 4.69) is 10.2 Å². The summed E-state index contributed by atoms with van der Waals surface area (Å²) < 4.78 is 1.91. The first-order valence-electron chi connectivity index (χ1n) is 6.10. The van der Waals surface area contributed by atoms with Crippen LogP contribution >= 0.6 is 23.4 Å². The van der Waals surface area contributed by atoms with Crippen molar-refractivity contribution >= 4 is 29.0 Å². The van der Waals surface area contributed by atoms with Crippen LogP contribution in [-0.4, -0.2) is 19.7 Å². The molecule has 102 valence electrons. The van der Waals surface area contributed by atoms with Gasteiger partial charge in [0.15, 0.2) is 10.8 Å². The van der Waals surface area contributed by atoms with Crippen LogP contribution in [0.2, 0.25) is 5.02 Å². The highest BCUT2D eigenvalue weighted by atomic mass is 35.5. The molecule has 4 nitrogen and oxygen atoms in total. The largest absolute Gasteiger partial charge is 0.389 e. The third-order valence-electron chi connectivity index (χ3n) is 2.92. The summed E-state index contributed by atoms with van der Waals surface area (Å²) in [6.45, 7) is 1.71. The fourth-order valence-corrected chi connectivity index (χ4v) is 2.98. The molecule has 0 amide bonds. The van der Waals surface area contributed by atoms with E-state index in [1.54, 1.807) is 13.0 Å². The molecule has 0 spiro atoms. The van der Waals surface area contributed by atoms with Gasteiger partial charge in [-0.2, -0.15) is 0 Å². The van der Waals surface area contributed by atoms with Crippen molar-refractivity contribution in [1.82, 2.24) is 14.6 Å². The first kappa shape index (κ1) is 13.4. The van der Waals surface area contributed by atoms with Crippen LogP contribution in [0.25, 0.3) is 5.65 Å². The van der Waals surface area contributed by atoms with Crippen LogP contribution in [0.4, 0.5) is 0 Å². The van der Waals surface area contributed by atoms with E-state index in [9.17, 15) is 5.11 Å². The van der Waals surface area contributed by atoms with Gasteiger partial charge < -0.3 is 5.11 Å². The molecule has 0 aliphatic carbocycles. The maximum Gasteiger partial charge on any atom is 0.200 e. The molecule has 0 saturated heterocycles. The van der Waals surface area contributed by atoms with Crippen LogP contribution in [0.5, 0.6) is 0 Å². The zero-order chi connectivity index (χ0) is 14.1. The molecule has 2 heterocycles. The molecular formula is C14H12ClN3OS. The number of pyridine rings is 1. The second-order valence-corrected chi connectivity index (χ2v) is 5.80. The summed E-state index contributed by atoms with van der Waals surface area (Å²) in [5.41, 5.74) is 1.59. The summed E-state index contributed by atoms with van der Waals surface area (Å²) in [4.78, 5) is 0.884. The first-order chi connectivity index (χ1) is 9.65. The smallest absolute Gasteiger partial charge is 0.200 e. The minimum Gasteiger partial charge on any atom is -0.389 e. The van der Waals surface area contributed by atoms with E-state index in [0.717, 1.165) is 21.3 Å². The Morgan fingerprint density at radius 2 is 2.10 bits per heavy atom.